The molecule has 2 aliphatic heterocycles. The minimum Gasteiger partial charge on any atom is -0.497 e. The van der Waals surface area contributed by atoms with Gasteiger partial charge in [-0.05, 0) is 23.6 Å². The van der Waals surface area contributed by atoms with Gasteiger partial charge in [-0.2, -0.15) is 0 Å². The minimum absolute atomic E-state index is 0.359. The molecule has 3 heterocycles. The van der Waals surface area contributed by atoms with Crippen molar-refractivity contribution >= 4 is 34.4 Å². The lowest BCUT2D eigenvalue weighted by Crippen LogP contribution is -2.40. The molecule has 4 rings (SSSR count). The van der Waals surface area contributed by atoms with E-state index >= 15 is 0 Å². The Morgan fingerprint density at radius 1 is 1.04 bits per heavy atom. The highest BCUT2D eigenvalue weighted by Gasteiger charge is 2.44. The van der Waals surface area contributed by atoms with Gasteiger partial charge in [0.15, 0.2) is 0 Å². The van der Waals surface area contributed by atoms with Gasteiger partial charge in [0.25, 0.3) is 11.8 Å². The largest absolute Gasteiger partial charge is 0.497 e. The number of thiophene rings is 1. The number of hydrogen-bond acceptors (Lipinski definition) is 7. The number of methoxy groups -OCH3 is 2. The van der Waals surface area contributed by atoms with Gasteiger partial charge in [0, 0.05) is 24.0 Å². The van der Waals surface area contributed by atoms with Gasteiger partial charge >= 0.3 is 0 Å². The maximum Gasteiger partial charge on any atom is 0.282 e. The van der Waals surface area contributed by atoms with Crippen molar-refractivity contribution in [2.75, 3.05) is 45.4 Å². The Morgan fingerprint density at radius 3 is 2.46 bits per heavy atom. The van der Waals surface area contributed by atoms with Gasteiger partial charge in [-0.3, -0.25) is 9.59 Å². The van der Waals surface area contributed by atoms with Crippen LogP contribution in [0.3, 0.4) is 0 Å². The average molecular weight is 400 g/mol. The third-order valence-electron chi connectivity index (χ3n) is 4.78. The van der Waals surface area contributed by atoms with Crippen LogP contribution in [0.5, 0.6) is 11.5 Å². The van der Waals surface area contributed by atoms with Crippen LogP contribution in [0.1, 0.15) is 4.88 Å². The van der Waals surface area contributed by atoms with Gasteiger partial charge in [0.05, 0.1) is 38.7 Å². The quantitative estimate of drug-likeness (QED) is 0.718. The topological polar surface area (TPSA) is 68.3 Å². The smallest absolute Gasteiger partial charge is 0.282 e. The van der Waals surface area contributed by atoms with E-state index in [-0.39, 0.29) is 11.8 Å². The van der Waals surface area contributed by atoms with E-state index in [2.05, 4.69) is 0 Å². The zero-order valence-electron chi connectivity index (χ0n) is 15.6. The lowest BCUT2D eigenvalue weighted by molar-refractivity contribution is -0.121. The van der Waals surface area contributed by atoms with Crippen molar-refractivity contribution in [1.82, 2.24) is 4.90 Å². The third-order valence-corrected chi connectivity index (χ3v) is 5.67. The molecule has 2 amide bonds. The molecule has 0 radical (unpaired) electrons. The summed E-state index contributed by atoms with van der Waals surface area (Å²) in [5.74, 6) is 0.243. The fraction of sp³-hybridized carbons (Fsp3) is 0.300. The molecule has 0 N–H and O–H groups in total. The van der Waals surface area contributed by atoms with Gasteiger partial charge < -0.3 is 19.1 Å². The second-order valence-corrected chi connectivity index (χ2v) is 7.23. The van der Waals surface area contributed by atoms with E-state index in [9.17, 15) is 9.59 Å². The van der Waals surface area contributed by atoms with Crippen LogP contribution < -0.4 is 14.4 Å². The first kappa shape index (κ1) is 18.5. The minimum atomic E-state index is -0.361. The summed E-state index contributed by atoms with van der Waals surface area (Å²) in [7, 11) is 3.04. The van der Waals surface area contributed by atoms with E-state index < -0.39 is 0 Å². The summed E-state index contributed by atoms with van der Waals surface area (Å²) < 4.78 is 16.1. The van der Waals surface area contributed by atoms with Crippen LogP contribution in [0.25, 0.3) is 5.57 Å². The first-order valence-electron chi connectivity index (χ1n) is 8.87. The Labute approximate surface area is 166 Å². The van der Waals surface area contributed by atoms with Crippen LogP contribution in [0.2, 0.25) is 0 Å². The number of amides is 2. The molecular weight excluding hydrogens is 380 g/mol. The number of imide groups is 1. The molecule has 7 nitrogen and oxygen atoms in total. The molecule has 0 saturated carbocycles. The van der Waals surface area contributed by atoms with Crippen molar-refractivity contribution in [3.05, 3.63) is 46.3 Å². The number of hydrogen-bond donors (Lipinski definition) is 0. The van der Waals surface area contributed by atoms with Crippen molar-refractivity contribution in [3.63, 3.8) is 0 Å². The number of carbonyl (C=O) groups is 2. The summed E-state index contributed by atoms with van der Waals surface area (Å²) in [6.45, 7) is 2.16. The summed E-state index contributed by atoms with van der Waals surface area (Å²) in [6, 6.07) is 8.79. The molecule has 2 aromatic rings. The molecule has 0 unspecified atom stereocenters. The molecule has 2 aliphatic rings. The number of morpholine rings is 1. The number of carbonyl (C=O) groups excluding carboxylic acids is 2. The highest BCUT2D eigenvalue weighted by atomic mass is 32.1. The van der Waals surface area contributed by atoms with Crippen molar-refractivity contribution < 1.29 is 23.8 Å². The molecule has 1 saturated heterocycles. The monoisotopic (exact) mass is 400 g/mol. The fourth-order valence-electron chi connectivity index (χ4n) is 3.43. The van der Waals surface area contributed by atoms with Crippen molar-refractivity contribution in [1.29, 1.82) is 0 Å². The number of rotatable bonds is 5. The van der Waals surface area contributed by atoms with Gasteiger partial charge in [-0.15, -0.1) is 11.3 Å². The third kappa shape index (κ3) is 3.04. The van der Waals surface area contributed by atoms with E-state index in [1.54, 1.807) is 18.2 Å². The lowest BCUT2D eigenvalue weighted by atomic mass is 10.1. The highest BCUT2D eigenvalue weighted by molar-refractivity contribution is 7.11. The number of nitrogens with zero attached hydrogens (tertiary/aromatic N) is 2. The predicted octanol–water partition coefficient (Wildman–Crippen LogP) is 2.38. The molecule has 1 aromatic heterocycles. The van der Waals surface area contributed by atoms with E-state index in [1.165, 1.54) is 30.5 Å². The van der Waals surface area contributed by atoms with Crippen LogP contribution in [0, 0.1) is 0 Å². The Balaban J connectivity index is 1.83. The normalized spacial score (nSPS) is 17.5. The summed E-state index contributed by atoms with van der Waals surface area (Å²) in [5, 5.41) is 1.89. The molecule has 1 fully saturated rings. The van der Waals surface area contributed by atoms with Crippen molar-refractivity contribution in [2.24, 2.45) is 0 Å². The van der Waals surface area contributed by atoms with Crippen LogP contribution in [-0.2, 0) is 14.3 Å². The van der Waals surface area contributed by atoms with E-state index in [0.717, 1.165) is 4.88 Å². The average Bonchev–Trinajstić information content (AvgIpc) is 3.34. The first-order chi connectivity index (χ1) is 13.7. The standard InChI is InChI=1S/C20H20N2O5S/c1-25-13-5-6-15(26-2)14(12-13)22-19(23)17(16-4-3-11-28-16)18(20(22)24)21-7-9-27-10-8-21/h3-6,11-12H,7-10H2,1-2H3. The van der Waals surface area contributed by atoms with Gasteiger partial charge in [0.1, 0.15) is 17.2 Å². The molecular formula is C20H20N2O5S. The zero-order chi connectivity index (χ0) is 19.7. The molecule has 0 atom stereocenters. The summed E-state index contributed by atoms with van der Waals surface area (Å²) in [5.41, 5.74) is 1.21. The Kier molecular flexibility index (Phi) is 5.06. The molecule has 0 spiro atoms. The Hall–Kier alpha value is -2.84. The molecule has 0 bridgehead atoms. The van der Waals surface area contributed by atoms with E-state index in [4.69, 9.17) is 14.2 Å². The van der Waals surface area contributed by atoms with E-state index in [1.807, 2.05) is 22.4 Å². The molecule has 146 valence electrons. The van der Waals surface area contributed by atoms with Gasteiger partial charge in [-0.25, -0.2) is 4.90 Å². The molecule has 28 heavy (non-hydrogen) atoms. The predicted molar refractivity (Wildman–Crippen MR) is 106 cm³/mol. The molecule has 1 aromatic carbocycles. The summed E-state index contributed by atoms with van der Waals surface area (Å²) in [6.07, 6.45) is 0. The van der Waals surface area contributed by atoms with Gasteiger partial charge in [0.2, 0.25) is 0 Å². The lowest BCUT2D eigenvalue weighted by Gasteiger charge is -2.29. The Bertz CT molecular complexity index is 932. The fourth-order valence-corrected chi connectivity index (χ4v) is 4.19. The Morgan fingerprint density at radius 2 is 1.82 bits per heavy atom. The maximum atomic E-state index is 13.5. The number of benzene rings is 1. The second-order valence-electron chi connectivity index (χ2n) is 6.28. The first-order valence-corrected chi connectivity index (χ1v) is 9.75. The van der Waals surface area contributed by atoms with Gasteiger partial charge in [-0.1, -0.05) is 6.07 Å². The molecule has 0 aliphatic carbocycles. The van der Waals surface area contributed by atoms with Crippen LogP contribution in [-0.4, -0.2) is 57.2 Å². The van der Waals surface area contributed by atoms with Crippen LogP contribution in [0.15, 0.2) is 41.4 Å². The SMILES string of the molecule is COc1ccc(OC)c(N2C(=O)C(c3cccs3)=C(N3CCOCC3)C2=O)c1. The van der Waals surface area contributed by atoms with Crippen molar-refractivity contribution in [2.45, 2.75) is 0 Å². The van der Waals surface area contributed by atoms with Crippen molar-refractivity contribution in [3.8, 4) is 11.5 Å². The second kappa shape index (κ2) is 7.65. The summed E-state index contributed by atoms with van der Waals surface area (Å²) in [4.78, 5) is 30.8. The van der Waals surface area contributed by atoms with E-state index in [0.29, 0.717) is 54.8 Å². The zero-order valence-corrected chi connectivity index (χ0v) is 16.5. The maximum absolute atomic E-state index is 13.5. The molecule has 8 heteroatoms. The van der Waals surface area contributed by atoms with Crippen LogP contribution in [0.4, 0.5) is 5.69 Å². The highest BCUT2D eigenvalue weighted by Crippen LogP contribution is 2.41. The number of anilines is 1. The van der Waals surface area contributed by atoms with Crippen LogP contribution >= 0.6 is 11.3 Å². The summed E-state index contributed by atoms with van der Waals surface area (Å²) >= 11 is 1.44. The number of ether oxygens (including phenoxy) is 3.